The van der Waals surface area contributed by atoms with Crippen LogP contribution in [0, 0.1) is 13.8 Å². The summed E-state index contributed by atoms with van der Waals surface area (Å²) in [4.78, 5) is 0.457. The minimum atomic E-state index is -3.58. The number of aliphatic hydroxyl groups excluding tert-OH is 1. The topological polar surface area (TPSA) is 134 Å². The van der Waals surface area contributed by atoms with Gasteiger partial charge in [-0.2, -0.15) is 4.31 Å². The summed E-state index contributed by atoms with van der Waals surface area (Å²) in [5, 5.41) is 13.7. The van der Waals surface area contributed by atoms with Gasteiger partial charge in [0.1, 0.15) is 18.5 Å². The first-order chi connectivity index (χ1) is 17.9. The zero-order chi connectivity index (χ0) is 27.6. The molecule has 12 heteroatoms. The first-order valence-electron chi connectivity index (χ1n) is 12.7. The lowest BCUT2D eigenvalue weighted by molar-refractivity contribution is -0.0312. The van der Waals surface area contributed by atoms with E-state index in [1.807, 2.05) is 26.0 Å². The van der Waals surface area contributed by atoms with Crippen molar-refractivity contribution in [1.82, 2.24) is 14.3 Å². The van der Waals surface area contributed by atoms with Gasteiger partial charge in [-0.15, -0.1) is 0 Å². The molecule has 4 rings (SSSR count). The van der Waals surface area contributed by atoms with E-state index in [2.05, 4.69) is 10.0 Å². The molecule has 1 unspecified atom stereocenters. The summed E-state index contributed by atoms with van der Waals surface area (Å²) in [6.45, 7) is 5.29. The summed E-state index contributed by atoms with van der Waals surface area (Å²) in [6.07, 6.45) is 1.17. The number of rotatable bonds is 10. The molecule has 2 atom stereocenters. The second-order valence-corrected chi connectivity index (χ2v) is 13.9. The van der Waals surface area contributed by atoms with E-state index in [0.717, 1.165) is 17.5 Å². The van der Waals surface area contributed by atoms with Gasteiger partial charge in [-0.05, 0) is 69.5 Å². The second kappa shape index (κ2) is 11.6. The number of benzene rings is 2. The van der Waals surface area contributed by atoms with Crippen molar-refractivity contribution < 1.29 is 31.4 Å². The molecule has 3 N–H and O–H groups in total. The maximum absolute atomic E-state index is 13.3. The summed E-state index contributed by atoms with van der Waals surface area (Å²) in [6, 6.07) is 11.6. The van der Waals surface area contributed by atoms with Crippen LogP contribution in [0.4, 0.5) is 0 Å². The first-order valence-corrected chi connectivity index (χ1v) is 15.7. The Hall–Kier alpha value is -2.06. The number of aliphatic hydroxyl groups is 1. The van der Waals surface area contributed by atoms with E-state index in [9.17, 15) is 21.9 Å². The number of sulfonamides is 2. The van der Waals surface area contributed by atoms with Crippen LogP contribution in [0.25, 0.3) is 0 Å². The van der Waals surface area contributed by atoms with Crippen LogP contribution in [-0.2, 0) is 24.8 Å². The Morgan fingerprint density at radius 2 is 1.87 bits per heavy atom. The molecule has 0 aromatic heterocycles. The van der Waals surface area contributed by atoms with Crippen LogP contribution in [0.3, 0.4) is 0 Å². The third-order valence-corrected chi connectivity index (χ3v) is 10.7. The monoisotopic (exact) mass is 567 g/mol. The van der Waals surface area contributed by atoms with Gasteiger partial charge in [-0.3, -0.25) is 0 Å². The van der Waals surface area contributed by atoms with E-state index in [0.29, 0.717) is 43.2 Å². The highest BCUT2D eigenvalue weighted by Gasteiger charge is 2.44. The van der Waals surface area contributed by atoms with Crippen LogP contribution in [-0.4, -0.2) is 83.9 Å². The van der Waals surface area contributed by atoms with Gasteiger partial charge in [0.2, 0.25) is 20.0 Å². The van der Waals surface area contributed by atoms with Gasteiger partial charge >= 0.3 is 0 Å². The lowest BCUT2D eigenvalue weighted by atomic mass is 9.88. The van der Waals surface area contributed by atoms with Crippen LogP contribution in [0.2, 0.25) is 0 Å². The minimum Gasteiger partial charge on any atom is -0.491 e. The van der Waals surface area contributed by atoms with E-state index in [1.165, 1.54) is 19.2 Å². The van der Waals surface area contributed by atoms with E-state index in [1.54, 1.807) is 22.5 Å². The van der Waals surface area contributed by atoms with E-state index in [4.69, 9.17) is 9.47 Å². The number of nitrogens with zero attached hydrogens (tertiary/aromatic N) is 1. The molecule has 0 radical (unpaired) electrons. The van der Waals surface area contributed by atoms with Crippen LogP contribution >= 0.6 is 0 Å². The fraction of sp³-hybridized carbons (Fsp3) is 0.538. The fourth-order valence-electron chi connectivity index (χ4n) is 4.99. The average Bonchev–Trinajstić information content (AvgIpc) is 3.30. The predicted molar refractivity (Wildman–Crippen MR) is 143 cm³/mol. The van der Waals surface area contributed by atoms with Gasteiger partial charge in [0, 0.05) is 31.7 Å². The normalized spacial score (nSPS) is 21.0. The highest BCUT2D eigenvalue weighted by atomic mass is 32.2. The van der Waals surface area contributed by atoms with E-state index >= 15 is 0 Å². The Morgan fingerprint density at radius 1 is 1.13 bits per heavy atom. The molecule has 2 aromatic rings. The number of hydrogen-bond donors (Lipinski definition) is 3. The standard InChI is InChI=1S/C26H37N3O7S2/c1-19-7-8-20(2)25(13-19)38(33,34)29-11-9-26(10-12-29)15-21(17-36-26)28-16-22(30)18-35-23-5-4-6-24(14-23)37(31,32)27-3/h4-8,13-14,21-22,27-28,30H,9-12,15-18H2,1-3H3/t21?,22-/m0/s1. The molecule has 38 heavy (non-hydrogen) atoms. The number of aryl methyl sites for hydroxylation is 2. The Bertz CT molecular complexity index is 1340. The largest absolute Gasteiger partial charge is 0.491 e. The smallest absolute Gasteiger partial charge is 0.243 e. The first kappa shape index (κ1) is 28.9. The molecule has 2 aliphatic rings. The maximum Gasteiger partial charge on any atom is 0.243 e. The summed E-state index contributed by atoms with van der Waals surface area (Å²) in [7, 11) is -5.80. The van der Waals surface area contributed by atoms with Crippen LogP contribution in [0.1, 0.15) is 30.4 Å². The number of ether oxygens (including phenoxy) is 2. The zero-order valence-corrected chi connectivity index (χ0v) is 23.6. The molecule has 1 spiro atoms. The fourth-order valence-corrected chi connectivity index (χ4v) is 7.50. The molecule has 2 aliphatic heterocycles. The molecular formula is C26H37N3O7S2. The van der Waals surface area contributed by atoms with Crippen molar-refractivity contribution in [2.45, 2.75) is 60.6 Å². The highest BCUT2D eigenvalue weighted by Crippen LogP contribution is 2.37. The van der Waals surface area contributed by atoms with Gasteiger partial charge in [0.25, 0.3) is 0 Å². The second-order valence-electron chi connectivity index (χ2n) is 10.1. The number of hydrogen-bond acceptors (Lipinski definition) is 8. The predicted octanol–water partition coefficient (Wildman–Crippen LogP) is 1.55. The maximum atomic E-state index is 13.3. The summed E-state index contributed by atoms with van der Waals surface area (Å²) >= 11 is 0. The minimum absolute atomic E-state index is 0.0000287. The lowest BCUT2D eigenvalue weighted by Crippen LogP contribution is -2.47. The Balaban J connectivity index is 1.24. The van der Waals surface area contributed by atoms with Gasteiger partial charge in [0.05, 0.1) is 22.0 Å². The Morgan fingerprint density at radius 3 is 2.58 bits per heavy atom. The number of nitrogens with one attached hydrogen (secondary N) is 2. The number of piperidine rings is 1. The molecule has 0 bridgehead atoms. The molecule has 0 aliphatic carbocycles. The molecule has 0 saturated carbocycles. The van der Waals surface area contributed by atoms with E-state index < -0.39 is 26.2 Å². The van der Waals surface area contributed by atoms with Gasteiger partial charge in [-0.1, -0.05) is 18.2 Å². The quantitative estimate of drug-likeness (QED) is 0.394. The van der Waals surface area contributed by atoms with Gasteiger partial charge < -0.3 is 19.9 Å². The lowest BCUT2D eigenvalue weighted by Gasteiger charge is -2.38. The van der Waals surface area contributed by atoms with Crippen LogP contribution in [0.15, 0.2) is 52.3 Å². The Labute approximate surface area is 225 Å². The molecule has 2 fully saturated rings. The van der Waals surface area contributed by atoms with Gasteiger partial charge in [0.15, 0.2) is 0 Å². The van der Waals surface area contributed by atoms with Crippen molar-refractivity contribution >= 4 is 20.0 Å². The van der Waals surface area contributed by atoms with Crippen molar-refractivity contribution in [1.29, 1.82) is 0 Å². The van der Waals surface area contributed by atoms with Crippen molar-refractivity contribution in [3.63, 3.8) is 0 Å². The summed E-state index contributed by atoms with van der Waals surface area (Å²) in [5.74, 6) is 0.353. The molecule has 210 valence electrons. The van der Waals surface area contributed by atoms with Crippen molar-refractivity contribution in [2.75, 3.05) is 39.9 Å². The van der Waals surface area contributed by atoms with E-state index in [-0.39, 0.29) is 29.7 Å². The third-order valence-electron chi connectivity index (χ3n) is 7.27. The van der Waals surface area contributed by atoms with Crippen LogP contribution < -0.4 is 14.8 Å². The van der Waals surface area contributed by atoms with Crippen LogP contribution in [0.5, 0.6) is 5.75 Å². The molecule has 2 heterocycles. The molecular weight excluding hydrogens is 530 g/mol. The summed E-state index contributed by atoms with van der Waals surface area (Å²) in [5.41, 5.74) is 1.29. The Kier molecular flexibility index (Phi) is 8.82. The molecule has 2 saturated heterocycles. The molecule has 10 nitrogen and oxygen atoms in total. The van der Waals surface area contributed by atoms with Crippen molar-refractivity contribution in [3.8, 4) is 5.75 Å². The van der Waals surface area contributed by atoms with Crippen molar-refractivity contribution in [2.24, 2.45) is 0 Å². The zero-order valence-electron chi connectivity index (χ0n) is 22.0. The van der Waals surface area contributed by atoms with Crippen molar-refractivity contribution in [3.05, 3.63) is 53.6 Å². The SMILES string of the molecule is CNS(=O)(=O)c1cccc(OC[C@@H](O)CNC2COC3(CCN(S(=O)(=O)c4cc(C)ccc4C)CC3)C2)c1. The summed E-state index contributed by atoms with van der Waals surface area (Å²) < 4.78 is 66.0. The molecule has 0 amide bonds. The van der Waals surface area contributed by atoms with Gasteiger partial charge in [-0.25, -0.2) is 21.6 Å². The average molecular weight is 568 g/mol. The highest BCUT2D eigenvalue weighted by molar-refractivity contribution is 7.89. The molecule has 2 aromatic carbocycles. The third kappa shape index (κ3) is 6.56.